The Labute approximate surface area is 137 Å². The van der Waals surface area contributed by atoms with Crippen molar-refractivity contribution in [3.05, 3.63) is 11.7 Å². The number of nitrogens with one attached hydrogen (secondary N) is 1. The molecule has 0 radical (unpaired) electrons. The highest BCUT2D eigenvalue weighted by Crippen LogP contribution is 2.24. The maximum absolute atomic E-state index is 12.1. The minimum atomic E-state index is -0.285. The lowest BCUT2D eigenvalue weighted by Crippen LogP contribution is -2.43. The molecule has 1 fully saturated rings. The van der Waals surface area contributed by atoms with Gasteiger partial charge in [-0.3, -0.25) is 0 Å². The lowest BCUT2D eigenvalue weighted by molar-refractivity contribution is 0.0565. The van der Waals surface area contributed by atoms with E-state index in [1.54, 1.807) is 11.9 Å². The van der Waals surface area contributed by atoms with Gasteiger partial charge in [0.15, 0.2) is 5.82 Å². The number of carbonyl (C=O) groups is 1. The van der Waals surface area contributed by atoms with Crippen molar-refractivity contribution in [2.24, 2.45) is 5.92 Å². The number of rotatable bonds is 6. The van der Waals surface area contributed by atoms with Gasteiger partial charge in [0.1, 0.15) is 0 Å². The summed E-state index contributed by atoms with van der Waals surface area (Å²) in [7, 11) is 1.76. The average molecular weight is 324 g/mol. The zero-order valence-electron chi connectivity index (χ0n) is 14.3. The van der Waals surface area contributed by atoms with E-state index in [-0.39, 0.29) is 24.0 Å². The third-order valence-electron chi connectivity index (χ3n) is 4.34. The Bertz CT molecular complexity index is 503. The van der Waals surface area contributed by atoms with E-state index in [1.165, 1.54) is 0 Å². The normalized spacial score (nSPS) is 21.4. The Kier molecular flexibility index (Phi) is 6.38. The van der Waals surface area contributed by atoms with Crippen molar-refractivity contribution >= 4 is 6.03 Å². The summed E-state index contributed by atoms with van der Waals surface area (Å²) in [4.78, 5) is 18.0. The second-order valence-corrected chi connectivity index (χ2v) is 6.68. The van der Waals surface area contributed by atoms with Crippen molar-refractivity contribution in [2.45, 2.75) is 58.0 Å². The molecule has 23 heavy (non-hydrogen) atoms. The summed E-state index contributed by atoms with van der Waals surface area (Å²) < 4.78 is 5.14. The second-order valence-electron chi connectivity index (χ2n) is 6.68. The molecular formula is C16H28N4O3. The van der Waals surface area contributed by atoms with Crippen LogP contribution in [0.5, 0.6) is 0 Å². The first-order valence-electron chi connectivity index (χ1n) is 8.47. The van der Waals surface area contributed by atoms with E-state index in [0.29, 0.717) is 31.2 Å². The Morgan fingerprint density at radius 3 is 2.83 bits per heavy atom. The van der Waals surface area contributed by atoms with E-state index in [2.05, 4.69) is 15.5 Å². The Morgan fingerprint density at radius 1 is 1.43 bits per heavy atom. The molecule has 0 aromatic carbocycles. The summed E-state index contributed by atoms with van der Waals surface area (Å²) in [6.07, 6.45) is 4.27. The lowest BCUT2D eigenvalue weighted by Gasteiger charge is -2.31. The Balaban J connectivity index is 1.70. The van der Waals surface area contributed by atoms with Crippen LogP contribution >= 0.6 is 0 Å². The van der Waals surface area contributed by atoms with Gasteiger partial charge in [0.2, 0.25) is 5.89 Å². The minimum Gasteiger partial charge on any atom is -0.393 e. The number of urea groups is 1. The van der Waals surface area contributed by atoms with Gasteiger partial charge in [-0.2, -0.15) is 4.98 Å². The van der Waals surface area contributed by atoms with Crippen LogP contribution in [-0.4, -0.2) is 52.4 Å². The molecule has 0 aliphatic heterocycles. The summed E-state index contributed by atoms with van der Waals surface area (Å²) in [6.45, 7) is 5.05. The van der Waals surface area contributed by atoms with E-state index in [4.69, 9.17) is 4.52 Å². The van der Waals surface area contributed by atoms with Gasteiger partial charge in [-0.1, -0.05) is 31.8 Å². The Hall–Kier alpha value is -1.63. The monoisotopic (exact) mass is 324 g/mol. The van der Waals surface area contributed by atoms with Crippen LogP contribution in [-0.2, 0) is 6.42 Å². The standard InChI is InChI=1S/C16H28N4O3/c1-11(2)15-18-14(23-19-15)8-9-17-16(22)20(3)10-12-6-4-5-7-13(12)21/h11-13,21H,4-10H2,1-3H3,(H,17,22)/t12-,13+/m1/s1. The molecule has 1 heterocycles. The van der Waals surface area contributed by atoms with E-state index >= 15 is 0 Å². The summed E-state index contributed by atoms with van der Waals surface area (Å²) in [5, 5.41) is 16.7. The third kappa shape index (κ3) is 5.20. The zero-order valence-corrected chi connectivity index (χ0v) is 14.3. The van der Waals surface area contributed by atoms with Crippen molar-refractivity contribution in [1.82, 2.24) is 20.4 Å². The van der Waals surface area contributed by atoms with E-state index < -0.39 is 0 Å². The molecule has 0 spiro atoms. The fourth-order valence-electron chi connectivity index (χ4n) is 2.85. The van der Waals surface area contributed by atoms with Crippen molar-refractivity contribution in [3.63, 3.8) is 0 Å². The highest BCUT2D eigenvalue weighted by Gasteiger charge is 2.25. The number of carbonyl (C=O) groups excluding carboxylic acids is 1. The fraction of sp³-hybridized carbons (Fsp3) is 0.812. The molecule has 1 aromatic heterocycles. The fourth-order valence-corrected chi connectivity index (χ4v) is 2.85. The molecule has 1 aromatic rings. The van der Waals surface area contributed by atoms with Crippen LogP contribution in [0.3, 0.4) is 0 Å². The first-order chi connectivity index (χ1) is 11.0. The van der Waals surface area contributed by atoms with Crippen LogP contribution in [0.1, 0.15) is 57.2 Å². The van der Waals surface area contributed by atoms with Crippen LogP contribution in [0.2, 0.25) is 0 Å². The number of aliphatic hydroxyl groups excluding tert-OH is 1. The molecule has 1 saturated carbocycles. The van der Waals surface area contributed by atoms with Crippen molar-refractivity contribution in [3.8, 4) is 0 Å². The molecule has 130 valence electrons. The number of hydrogen-bond acceptors (Lipinski definition) is 5. The van der Waals surface area contributed by atoms with Crippen LogP contribution in [0, 0.1) is 5.92 Å². The average Bonchev–Trinajstić information content (AvgIpc) is 2.98. The summed E-state index contributed by atoms with van der Waals surface area (Å²) >= 11 is 0. The molecular weight excluding hydrogens is 296 g/mol. The van der Waals surface area contributed by atoms with Gasteiger partial charge in [0, 0.05) is 38.4 Å². The number of amides is 2. The lowest BCUT2D eigenvalue weighted by atomic mass is 9.86. The summed E-state index contributed by atoms with van der Waals surface area (Å²) in [5.74, 6) is 1.65. The summed E-state index contributed by atoms with van der Waals surface area (Å²) in [5.41, 5.74) is 0. The van der Waals surface area contributed by atoms with Gasteiger partial charge in [-0.25, -0.2) is 4.79 Å². The second kappa shape index (κ2) is 8.29. The first kappa shape index (κ1) is 17.7. The SMILES string of the molecule is CC(C)c1noc(CCNC(=O)N(C)C[C@H]2CCCC[C@@H]2O)n1. The van der Waals surface area contributed by atoms with Crippen LogP contribution in [0.4, 0.5) is 4.79 Å². The Morgan fingerprint density at radius 2 is 2.17 bits per heavy atom. The van der Waals surface area contributed by atoms with Gasteiger partial charge in [0.05, 0.1) is 6.10 Å². The van der Waals surface area contributed by atoms with E-state index in [1.807, 2.05) is 13.8 Å². The van der Waals surface area contributed by atoms with Crippen molar-refractivity contribution in [2.75, 3.05) is 20.1 Å². The molecule has 2 amide bonds. The summed E-state index contributed by atoms with van der Waals surface area (Å²) in [6, 6.07) is -0.133. The van der Waals surface area contributed by atoms with Gasteiger partial charge in [-0.05, 0) is 12.8 Å². The predicted molar refractivity (Wildman–Crippen MR) is 86.1 cm³/mol. The maximum atomic E-state index is 12.1. The largest absolute Gasteiger partial charge is 0.393 e. The van der Waals surface area contributed by atoms with Crippen LogP contribution in [0.15, 0.2) is 4.52 Å². The first-order valence-corrected chi connectivity index (χ1v) is 8.47. The van der Waals surface area contributed by atoms with E-state index in [0.717, 1.165) is 25.7 Å². The topological polar surface area (TPSA) is 91.5 Å². The van der Waals surface area contributed by atoms with Gasteiger partial charge in [0.25, 0.3) is 0 Å². The van der Waals surface area contributed by atoms with Crippen molar-refractivity contribution < 1.29 is 14.4 Å². The predicted octanol–water partition coefficient (Wildman–Crippen LogP) is 1.93. The number of hydrogen-bond donors (Lipinski definition) is 2. The molecule has 7 nitrogen and oxygen atoms in total. The molecule has 1 aliphatic rings. The number of aliphatic hydroxyl groups is 1. The highest BCUT2D eigenvalue weighted by atomic mass is 16.5. The third-order valence-corrected chi connectivity index (χ3v) is 4.34. The van der Waals surface area contributed by atoms with Crippen molar-refractivity contribution in [1.29, 1.82) is 0 Å². The van der Waals surface area contributed by atoms with E-state index in [9.17, 15) is 9.90 Å². The molecule has 2 atom stereocenters. The maximum Gasteiger partial charge on any atom is 0.317 e. The van der Waals surface area contributed by atoms with Gasteiger partial charge >= 0.3 is 6.03 Å². The molecule has 1 aliphatic carbocycles. The molecule has 7 heteroatoms. The van der Waals surface area contributed by atoms with Crippen LogP contribution in [0.25, 0.3) is 0 Å². The molecule has 2 rings (SSSR count). The highest BCUT2D eigenvalue weighted by molar-refractivity contribution is 5.73. The smallest absolute Gasteiger partial charge is 0.317 e. The number of nitrogens with zero attached hydrogens (tertiary/aromatic N) is 3. The van der Waals surface area contributed by atoms with Gasteiger partial charge in [-0.15, -0.1) is 0 Å². The van der Waals surface area contributed by atoms with Crippen LogP contribution < -0.4 is 5.32 Å². The molecule has 0 saturated heterocycles. The zero-order chi connectivity index (χ0) is 16.8. The quantitative estimate of drug-likeness (QED) is 0.834. The molecule has 2 N–H and O–H groups in total. The minimum absolute atomic E-state index is 0.133. The molecule has 0 bridgehead atoms. The van der Waals surface area contributed by atoms with Gasteiger partial charge < -0.3 is 19.8 Å². The number of aromatic nitrogens is 2. The molecule has 0 unspecified atom stereocenters.